The number of fused-ring (bicyclic) bond motifs is 2. The number of anilines is 2. The molecule has 2 aliphatic rings. The van der Waals surface area contributed by atoms with Gasteiger partial charge in [0.25, 0.3) is 5.56 Å². The maximum absolute atomic E-state index is 15.7. The molecule has 10 atom stereocenters. The number of thiol groups is 2. The highest BCUT2D eigenvalue weighted by atomic mass is 32.7. The van der Waals surface area contributed by atoms with Crippen LogP contribution in [0, 0.1) is 0 Å². The Bertz CT molecular complexity index is 1870. The third kappa shape index (κ3) is 6.10. The van der Waals surface area contributed by atoms with Gasteiger partial charge in [0, 0.05) is 0 Å². The molecule has 2 aliphatic heterocycles. The number of hydrogen-bond donors (Lipinski definition) is 7. The van der Waals surface area contributed by atoms with Gasteiger partial charge < -0.3 is 35.7 Å². The molecule has 2 fully saturated rings. The normalized spacial score (nSPS) is 30.7. The Morgan fingerprint density at radius 2 is 1.78 bits per heavy atom. The van der Waals surface area contributed by atoms with Crippen molar-refractivity contribution in [2.24, 2.45) is 0 Å². The summed E-state index contributed by atoms with van der Waals surface area (Å²) in [6, 6.07) is 0. The van der Waals surface area contributed by atoms with Gasteiger partial charge in [0.2, 0.25) is 13.2 Å². The predicted octanol–water partition coefficient (Wildman–Crippen LogP) is -0.246. The highest BCUT2D eigenvalue weighted by Crippen LogP contribution is 2.57. The highest BCUT2D eigenvalue weighted by molar-refractivity contribution is 8.44. The van der Waals surface area contributed by atoms with Gasteiger partial charge in [-0.25, -0.2) is 28.9 Å². The molecule has 6 rings (SSSR count). The smallest absolute Gasteiger partial charge is 0.386 e. The molecule has 4 aromatic heterocycles. The van der Waals surface area contributed by atoms with Crippen LogP contribution in [0.25, 0.3) is 22.3 Å². The van der Waals surface area contributed by atoms with Gasteiger partial charge in [-0.1, -0.05) is 24.5 Å². The average Bonchev–Trinajstić information content (AvgIpc) is 3.73. The molecule has 7 N–H and O–H groups in total. The number of rotatable bonds is 10. The lowest BCUT2D eigenvalue weighted by Gasteiger charge is -2.26. The van der Waals surface area contributed by atoms with E-state index >= 15 is 4.39 Å². The van der Waals surface area contributed by atoms with Crippen molar-refractivity contribution in [3.63, 3.8) is 0 Å². The van der Waals surface area contributed by atoms with Crippen molar-refractivity contribution in [3.05, 3.63) is 29.3 Å². The van der Waals surface area contributed by atoms with Gasteiger partial charge in [-0.3, -0.25) is 32.5 Å². The first-order valence-electron chi connectivity index (χ1n) is 12.8. The van der Waals surface area contributed by atoms with Crippen LogP contribution >= 0.6 is 38.5 Å². The summed E-state index contributed by atoms with van der Waals surface area (Å²) in [6.45, 7) is -5.81. The topological polar surface area (TPSA) is 280 Å². The number of halogens is 1. The third-order valence-electron chi connectivity index (χ3n) is 7.04. The number of aliphatic hydroxyl groups excluding tert-OH is 2. The first-order chi connectivity index (χ1) is 21.4. The monoisotopic (exact) mass is 710 g/mol. The van der Waals surface area contributed by atoms with Crippen molar-refractivity contribution in [2.75, 3.05) is 24.7 Å². The number of alkyl halides is 1. The Kier molecular flexibility index (Phi) is 8.95. The van der Waals surface area contributed by atoms with E-state index in [1.807, 2.05) is 0 Å². The Morgan fingerprint density at radius 3 is 2.49 bits per heavy atom. The molecule has 20 nitrogen and oxygen atoms in total. The zero-order valence-corrected chi connectivity index (χ0v) is 26.1. The van der Waals surface area contributed by atoms with E-state index in [4.69, 9.17) is 34.5 Å². The minimum atomic E-state index is -4.47. The predicted molar refractivity (Wildman–Crippen MR) is 158 cm³/mol. The van der Waals surface area contributed by atoms with Crippen LogP contribution in [0.4, 0.5) is 16.2 Å². The molecular formula is C20H25FN10O10P2S2. The van der Waals surface area contributed by atoms with Gasteiger partial charge in [0.15, 0.2) is 41.3 Å². The second kappa shape index (κ2) is 12.5. The summed E-state index contributed by atoms with van der Waals surface area (Å²) in [5.41, 5.74) is 11.0. The Hall–Kier alpha value is -2.69. The third-order valence-corrected chi connectivity index (χ3v) is 9.44. The number of nitrogens with zero attached hydrogens (tertiary/aromatic N) is 7. The maximum atomic E-state index is 15.7. The molecule has 5 unspecified atom stereocenters. The van der Waals surface area contributed by atoms with E-state index in [2.05, 4.69) is 54.4 Å². The lowest BCUT2D eigenvalue weighted by molar-refractivity contribution is -0.0524. The standard InChI is InChI=1S/C20H25FN10O10P2S2/c21-8-12(40-42(35)44)7(39-18(8)30-4-26-9-14(22)24-3-25-15(9)30)2-37-43(36,45)41-13-11(33)6(1-32)38-19(13)31-5-27-10-16(31)28-20(23)29-17(10)34/h3-8,11-13,18-19,32-33,42H,1-2H2,(H,35,44)(H,36,45)(H2,22,24,25)(H3,23,28,29,34)/t6-,7-,8?,11?,12+,13?,18-,19-,43?/m1/s1. The minimum Gasteiger partial charge on any atom is -0.394 e. The largest absolute Gasteiger partial charge is 0.394 e. The van der Waals surface area contributed by atoms with E-state index in [9.17, 15) is 24.1 Å². The Morgan fingerprint density at radius 1 is 1.09 bits per heavy atom. The molecule has 244 valence electrons. The first-order valence-corrected chi connectivity index (χ1v) is 18.1. The summed E-state index contributed by atoms with van der Waals surface area (Å²) < 4.78 is 71.1. The van der Waals surface area contributed by atoms with Crippen LogP contribution < -0.4 is 17.0 Å². The quantitative estimate of drug-likeness (QED) is 0.0825. The van der Waals surface area contributed by atoms with E-state index in [-0.39, 0.29) is 34.1 Å². The fourth-order valence-electron chi connectivity index (χ4n) is 5.05. The van der Waals surface area contributed by atoms with Crippen LogP contribution in [-0.2, 0) is 32.2 Å². The number of imidazole rings is 2. The molecule has 0 spiro atoms. The van der Waals surface area contributed by atoms with Crippen LogP contribution in [0.3, 0.4) is 0 Å². The fourth-order valence-corrected chi connectivity index (χ4v) is 7.39. The molecule has 0 saturated carbocycles. The zero-order chi connectivity index (χ0) is 32.2. The summed E-state index contributed by atoms with van der Waals surface area (Å²) in [6.07, 6.45) is -8.42. The number of nitrogens with one attached hydrogen (secondary N) is 1. The van der Waals surface area contributed by atoms with E-state index in [0.29, 0.717) is 0 Å². The second-order valence-electron chi connectivity index (χ2n) is 9.79. The highest BCUT2D eigenvalue weighted by Gasteiger charge is 2.51. The Labute approximate surface area is 261 Å². The molecule has 45 heavy (non-hydrogen) atoms. The molecule has 25 heteroatoms. The number of H-pyrrole nitrogens is 1. The molecule has 0 aliphatic carbocycles. The van der Waals surface area contributed by atoms with Crippen molar-refractivity contribution in [2.45, 2.75) is 49.1 Å². The van der Waals surface area contributed by atoms with Gasteiger partial charge in [0.05, 0.1) is 25.9 Å². The summed E-state index contributed by atoms with van der Waals surface area (Å²) in [7, 11) is -3.01. The fraction of sp³-hybridized carbons (Fsp3) is 0.500. The number of nitrogen functional groups attached to an aromatic ring is 2. The lowest BCUT2D eigenvalue weighted by atomic mass is 10.1. The van der Waals surface area contributed by atoms with Crippen molar-refractivity contribution < 1.29 is 46.8 Å². The summed E-state index contributed by atoms with van der Waals surface area (Å²) in [4.78, 5) is 34.5. The van der Waals surface area contributed by atoms with Crippen LogP contribution in [0.2, 0.25) is 0 Å². The number of aromatic nitrogens is 8. The van der Waals surface area contributed by atoms with E-state index in [0.717, 1.165) is 12.7 Å². The maximum Gasteiger partial charge on any atom is 0.386 e. The molecule has 0 aromatic carbocycles. The zero-order valence-electron chi connectivity index (χ0n) is 22.4. The summed E-state index contributed by atoms with van der Waals surface area (Å²) >= 11 is 7.75. The van der Waals surface area contributed by atoms with Crippen molar-refractivity contribution in [1.29, 1.82) is 0 Å². The van der Waals surface area contributed by atoms with Gasteiger partial charge in [-0.05, 0) is 0 Å². The molecule has 0 bridgehead atoms. The van der Waals surface area contributed by atoms with Gasteiger partial charge >= 0.3 is 6.80 Å². The van der Waals surface area contributed by atoms with Gasteiger partial charge in [-0.2, -0.15) is 4.98 Å². The van der Waals surface area contributed by atoms with E-state index in [1.54, 1.807) is 0 Å². The number of aromatic amines is 1. The molecule has 4 aromatic rings. The number of nitrogens with two attached hydrogens (primary N) is 2. The van der Waals surface area contributed by atoms with Crippen LogP contribution in [0.15, 0.2) is 23.8 Å². The van der Waals surface area contributed by atoms with Crippen molar-refractivity contribution >= 4 is 72.6 Å². The molecule has 0 amide bonds. The Balaban J connectivity index is 1.22. The summed E-state index contributed by atoms with van der Waals surface area (Å²) in [5, 5.41) is 20.6. The van der Waals surface area contributed by atoms with Gasteiger partial charge in [-0.15, -0.1) is 0 Å². The van der Waals surface area contributed by atoms with Crippen molar-refractivity contribution in [1.82, 2.24) is 39.0 Å². The molecule has 2 saturated heterocycles. The molecule has 0 radical (unpaired) electrons. The first kappa shape index (κ1) is 32.3. The average molecular weight is 711 g/mol. The molecular weight excluding hydrogens is 685 g/mol. The number of ether oxygens (including phenoxy) is 2. The SMILES string of the molecule is Nc1nc2c(ncn2[C@@H]2O[C@H](CO)C(O)C2OP(=O)(S)OC[C@H]2O[C@@H](n3cnc4c(N)ncnc43)C(F)[C@H]2O[PH](=O)S)c(=O)[nH]1. The van der Waals surface area contributed by atoms with Crippen molar-refractivity contribution in [3.8, 4) is 0 Å². The summed E-state index contributed by atoms with van der Waals surface area (Å²) in [5.74, 6) is -0.198. The number of aliphatic hydroxyl groups is 2. The van der Waals surface area contributed by atoms with Gasteiger partial charge in [0.1, 0.15) is 42.4 Å². The van der Waals surface area contributed by atoms with E-state index in [1.165, 1.54) is 15.5 Å². The van der Waals surface area contributed by atoms with E-state index < -0.39 is 81.9 Å². The second-order valence-corrected chi connectivity index (χ2v) is 14.5. The van der Waals surface area contributed by atoms with Crippen LogP contribution in [-0.4, -0.2) is 99.2 Å². The lowest BCUT2D eigenvalue weighted by Crippen LogP contribution is -2.35. The number of hydrogen-bond acceptors (Lipinski definition) is 17. The minimum absolute atomic E-state index is 0.0444. The van der Waals surface area contributed by atoms with Crippen LogP contribution in [0.5, 0.6) is 0 Å². The van der Waals surface area contributed by atoms with Crippen LogP contribution in [0.1, 0.15) is 12.5 Å². The molecule has 6 heterocycles.